The van der Waals surface area contributed by atoms with Crippen molar-refractivity contribution < 1.29 is 39.7 Å². The summed E-state index contributed by atoms with van der Waals surface area (Å²) in [6.45, 7) is 4.42. The summed E-state index contributed by atoms with van der Waals surface area (Å²) in [4.78, 5) is 3.35. The lowest BCUT2D eigenvalue weighted by Crippen LogP contribution is -2.44. The van der Waals surface area contributed by atoms with Crippen LogP contribution in [-0.4, -0.2) is 32.8 Å². The number of pyridine rings is 1. The van der Waals surface area contributed by atoms with Crippen molar-refractivity contribution in [3.8, 4) is 0 Å². The van der Waals surface area contributed by atoms with Crippen LogP contribution in [0.25, 0.3) is 0 Å². The van der Waals surface area contributed by atoms with E-state index in [1.807, 2.05) is 0 Å². The molecule has 4 atom stereocenters. The molecule has 0 saturated carbocycles. The Hall–Kier alpha value is -1.27. The summed E-state index contributed by atoms with van der Waals surface area (Å²) in [5.74, 6) is -2.31. The summed E-state index contributed by atoms with van der Waals surface area (Å²) in [6.07, 6.45) is -12.0. The molecule has 1 aromatic rings. The highest BCUT2D eigenvalue weighted by Crippen LogP contribution is 2.38. The zero-order valence-electron chi connectivity index (χ0n) is 15.8. The van der Waals surface area contributed by atoms with Gasteiger partial charge >= 0.3 is 12.4 Å². The lowest BCUT2D eigenvalue weighted by Gasteiger charge is -2.35. The average Bonchev–Trinajstić information content (AvgIpc) is 2.57. The van der Waals surface area contributed by atoms with Crippen LogP contribution < -0.4 is 4.72 Å². The van der Waals surface area contributed by atoms with Gasteiger partial charge in [-0.25, -0.2) is 18.3 Å². The van der Waals surface area contributed by atoms with E-state index in [-0.39, 0.29) is 12.1 Å². The van der Waals surface area contributed by atoms with Gasteiger partial charge in [0.1, 0.15) is 0 Å². The van der Waals surface area contributed by atoms with Crippen LogP contribution in [0.5, 0.6) is 0 Å². The first kappa shape index (κ1) is 24.0. The Bertz CT molecular complexity index is 739. The second kappa shape index (κ2) is 8.46. The van der Waals surface area contributed by atoms with E-state index in [2.05, 4.69) is 9.71 Å². The molecule has 166 valence electrons. The quantitative estimate of drug-likeness (QED) is 0.678. The molecule has 29 heavy (non-hydrogen) atoms. The molecule has 1 fully saturated rings. The van der Waals surface area contributed by atoms with Crippen molar-refractivity contribution in [1.82, 2.24) is 9.71 Å². The molecule has 4 nitrogen and oxygen atoms in total. The molecule has 1 saturated heterocycles. The fourth-order valence-electron chi connectivity index (χ4n) is 2.81. The summed E-state index contributed by atoms with van der Waals surface area (Å²) in [7, 11) is -1.77. The third kappa shape index (κ3) is 6.11. The van der Waals surface area contributed by atoms with Crippen LogP contribution in [0.4, 0.5) is 30.7 Å². The smallest absolute Gasteiger partial charge is 0.368 e. The minimum atomic E-state index is -5.06. The van der Waals surface area contributed by atoms with Gasteiger partial charge in [-0.1, -0.05) is 0 Å². The number of nitrogens with zero attached hydrogens (tertiary/aromatic N) is 1. The standard InChI is InChI=1S/C17H21F7N2O2S/c1-15(2,3)29(27)26-13(9-4-7-12(28-8-9)16(19,20)21)11-6-5-10(18)14(25-11)17(22,23)24/h5-6,9,12-13,26H,4,7-8H2,1-3H3. The topological polar surface area (TPSA) is 51.2 Å². The fraction of sp³-hybridized carbons (Fsp3) is 0.706. The first-order valence-corrected chi connectivity index (χ1v) is 9.85. The minimum absolute atomic E-state index is 0.0520. The number of alkyl halides is 6. The van der Waals surface area contributed by atoms with Gasteiger partial charge in [0.15, 0.2) is 17.6 Å². The van der Waals surface area contributed by atoms with E-state index < -0.39 is 70.7 Å². The van der Waals surface area contributed by atoms with Crippen LogP contribution in [0.1, 0.15) is 51.0 Å². The maximum absolute atomic E-state index is 13.6. The lowest BCUT2D eigenvalue weighted by atomic mass is 9.89. The van der Waals surface area contributed by atoms with Crippen LogP contribution in [0.2, 0.25) is 0 Å². The summed E-state index contributed by atoms with van der Waals surface area (Å²) in [5.41, 5.74) is -2.01. The van der Waals surface area contributed by atoms with Crippen LogP contribution in [0.15, 0.2) is 12.1 Å². The highest BCUT2D eigenvalue weighted by Gasteiger charge is 2.45. The van der Waals surface area contributed by atoms with Gasteiger partial charge in [-0.2, -0.15) is 26.3 Å². The van der Waals surface area contributed by atoms with E-state index in [9.17, 15) is 34.9 Å². The number of aromatic nitrogens is 1. The summed E-state index contributed by atoms with van der Waals surface area (Å²) in [5, 5.41) is 0. The molecule has 0 radical (unpaired) electrons. The number of hydrogen-bond acceptors (Lipinski definition) is 3. The van der Waals surface area contributed by atoms with E-state index in [0.29, 0.717) is 6.07 Å². The van der Waals surface area contributed by atoms with E-state index in [1.54, 1.807) is 20.8 Å². The predicted molar refractivity (Wildman–Crippen MR) is 91.5 cm³/mol. The first-order chi connectivity index (χ1) is 13.1. The van der Waals surface area contributed by atoms with E-state index in [0.717, 1.165) is 6.07 Å². The summed E-state index contributed by atoms with van der Waals surface area (Å²) in [6, 6.07) is 0.464. The molecule has 1 N–H and O–H groups in total. The Balaban J connectivity index is 2.36. The molecule has 0 spiro atoms. The van der Waals surface area contributed by atoms with Gasteiger partial charge in [-0.15, -0.1) is 0 Å². The van der Waals surface area contributed by atoms with Crippen molar-refractivity contribution in [2.75, 3.05) is 6.61 Å². The van der Waals surface area contributed by atoms with Gasteiger partial charge in [0.2, 0.25) is 0 Å². The third-order valence-electron chi connectivity index (χ3n) is 4.39. The van der Waals surface area contributed by atoms with Crippen LogP contribution >= 0.6 is 0 Å². The first-order valence-electron chi connectivity index (χ1n) is 8.70. The largest absolute Gasteiger partial charge is 0.436 e. The molecular weight excluding hydrogens is 429 g/mol. The molecule has 1 aliphatic heterocycles. The number of nitrogens with one attached hydrogen (secondary N) is 1. The van der Waals surface area contributed by atoms with E-state index in [4.69, 9.17) is 4.74 Å². The molecule has 4 unspecified atom stereocenters. The SMILES string of the molecule is CC(C)(C)S(=O)NC(c1ccc(F)c(C(F)(F)F)n1)C1CCC(C(F)(F)F)OC1. The van der Waals surface area contributed by atoms with E-state index in [1.165, 1.54) is 0 Å². The Morgan fingerprint density at radius 2 is 1.76 bits per heavy atom. The van der Waals surface area contributed by atoms with Crippen molar-refractivity contribution in [1.29, 1.82) is 0 Å². The molecule has 0 aliphatic carbocycles. The zero-order valence-corrected chi connectivity index (χ0v) is 16.6. The Morgan fingerprint density at radius 1 is 1.14 bits per heavy atom. The van der Waals surface area contributed by atoms with Crippen molar-refractivity contribution in [3.05, 3.63) is 29.3 Å². The Morgan fingerprint density at radius 3 is 2.21 bits per heavy atom. The molecule has 2 heterocycles. The van der Waals surface area contributed by atoms with Crippen LogP contribution in [0.3, 0.4) is 0 Å². The highest BCUT2D eigenvalue weighted by atomic mass is 32.2. The molecule has 1 aromatic heterocycles. The highest BCUT2D eigenvalue weighted by molar-refractivity contribution is 7.84. The molecule has 0 bridgehead atoms. The number of ether oxygens (including phenoxy) is 1. The van der Waals surface area contributed by atoms with Gasteiger partial charge in [0, 0.05) is 5.92 Å². The summed E-state index contributed by atoms with van der Waals surface area (Å²) >= 11 is 0. The second-order valence-corrected chi connectivity index (χ2v) is 9.74. The lowest BCUT2D eigenvalue weighted by molar-refractivity contribution is -0.236. The van der Waals surface area contributed by atoms with Crippen molar-refractivity contribution in [3.63, 3.8) is 0 Å². The molecule has 12 heteroatoms. The average molecular weight is 450 g/mol. The van der Waals surface area contributed by atoms with Crippen molar-refractivity contribution in [2.24, 2.45) is 5.92 Å². The monoisotopic (exact) mass is 450 g/mol. The second-order valence-electron chi connectivity index (χ2n) is 7.74. The maximum Gasteiger partial charge on any atom is 0.436 e. The third-order valence-corrected chi connectivity index (χ3v) is 5.97. The summed E-state index contributed by atoms with van der Waals surface area (Å²) < 4.78 is 110. The number of halogens is 7. The van der Waals surface area contributed by atoms with E-state index >= 15 is 0 Å². The normalized spacial score (nSPS) is 23.7. The molecule has 2 rings (SSSR count). The molecule has 0 aromatic carbocycles. The maximum atomic E-state index is 13.6. The zero-order chi connectivity index (χ0) is 22.2. The number of rotatable bonds is 4. The Kier molecular flexibility index (Phi) is 7.00. The van der Waals surface area contributed by atoms with Crippen LogP contribution in [-0.2, 0) is 21.9 Å². The van der Waals surface area contributed by atoms with Crippen molar-refractivity contribution >= 4 is 11.0 Å². The van der Waals surface area contributed by atoms with Crippen molar-refractivity contribution in [2.45, 2.75) is 62.9 Å². The van der Waals surface area contributed by atoms with Crippen LogP contribution in [0, 0.1) is 11.7 Å². The molecule has 0 amide bonds. The molecule has 1 aliphatic rings. The predicted octanol–water partition coefficient (Wildman–Crippen LogP) is 4.69. The Labute approximate surface area is 165 Å². The van der Waals surface area contributed by atoms with Gasteiger partial charge in [-0.3, -0.25) is 0 Å². The fourth-order valence-corrected chi connectivity index (χ4v) is 3.71. The van der Waals surface area contributed by atoms with Gasteiger partial charge in [-0.05, 0) is 45.7 Å². The number of hydrogen-bond donors (Lipinski definition) is 1. The minimum Gasteiger partial charge on any atom is -0.368 e. The molecular formula is C17H21F7N2O2S. The van der Waals surface area contributed by atoms with Gasteiger partial charge in [0.05, 0.1) is 34.1 Å². The van der Waals surface area contributed by atoms with Gasteiger partial charge < -0.3 is 4.74 Å². The van der Waals surface area contributed by atoms with Gasteiger partial charge in [0.25, 0.3) is 0 Å².